The minimum atomic E-state index is -4.40. The van der Waals surface area contributed by atoms with Crippen molar-refractivity contribution in [3.8, 4) is 11.6 Å². The summed E-state index contributed by atoms with van der Waals surface area (Å²) < 4.78 is 37.5. The molecule has 0 saturated carbocycles. The lowest BCUT2D eigenvalue weighted by Gasteiger charge is -2.11. The first-order valence-corrected chi connectivity index (χ1v) is 7.05. The Bertz CT molecular complexity index is 854. The Labute approximate surface area is 138 Å². The molecule has 1 heterocycles. The fraction of sp³-hybridized carbons (Fsp3) is 0.143. The second-order valence-corrected chi connectivity index (χ2v) is 5.35. The quantitative estimate of drug-likeness (QED) is 0.804. The predicted octanol–water partition coefficient (Wildman–Crippen LogP) is 4.22. The Hall–Kier alpha value is -2.06. The number of aromatic amines is 1. The van der Waals surface area contributed by atoms with Crippen molar-refractivity contribution >= 4 is 29.9 Å². The van der Waals surface area contributed by atoms with E-state index in [9.17, 15) is 23.1 Å². The molecule has 23 heavy (non-hydrogen) atoms. The third kappa shape index (κ3) is 4.23. The van der Waals surface area contributed by atoms with Crippen molar-refractivity contribution in [1.29, 1.82) is 0 Å². The van der Waals surface area contributed by atoms with Gasteiger partial charge in [-0.2, -0.15) is 13.2 Å². The standard InChI is InChI=1S/C14H10ClF3N2O2S/c15-8-3-5-9(6-4-8)20-12(22)10(11(21)19-13(20)23)2-1-7-14(16,17)18/h1-6,22H,7H2,(H,19,21,23). The van der Waals surface area contributed by atoms with Gasteiger partial charge in [-0.25, -0.2) is 0 Å². The van der Waals surface area contributed by atoms with Gasteiger partial charge in [0, 0.05) is 5.02 Å². The Morgan fingerprint density at radius 2 is 1.91 bits per heavy atom. The highest BCUT2D eigenvalue weighted by atomic mass is 35.5. The molecule has 9 heteroatoms. The highest BCUT2D eigenvalue weighted by molar-refractivity contribution is 7.71. The highest BCUT2D eigenvalue weighted by Gasteiger charge is 2.24. The number of halogens is 4. The van der Waals surface area contributed by atoms with Crippen LogP contribution >= 0.6 is 23.8 Å². The van der Waals surface area contributed by atoms with Gasteiger partial charge in [-0.1, -0.05) is 17.7 Å². The van der Waals surface area contributed by atoms with Crippen LogP contribution in [0.5, 0.6) is 5.88 Å². The molecule has 0 bridgehead atoms. The first kappa shape index (κ1) is 17.3. The maximum Gasteiger partial charge on any atom is 0.392 e. The van der Waals surface area contributed by atoms with Crippen LogP contribution in [-0.4, -0.2) is 20.8 Å². The summed E-state index contributed by atoms with van der Waals surface area (Å²) in [5, 5.41) is 10.7. The first-order valence-electron chi connectivity index (χ1n) is 6.26. The van der Waals surface area contributed by atoms with Gasteiger partial charge in [0.2, 0.25) is 5.88 Å². The molecule has 0 radical (unpaired) electrons. The molecule has 0 aliphatic heterocycles. The number of H-pyrrole nitrogens is 1. The van der Waals surface area contributed by atoms with Crippen LogP contribution in [0.1, 0.15) is 12.0 Å². The lowest BCUT2D eigenvalue weighted by Crippen LogP contribution is -2.16. The van der Waals surface area contributed by atoms with Crippen molar-refractivity contribution in [3.05, 3.63) is 56.1 Å². The average Bonchev–Trinajstić information content (AvgIpc) is 2.43. The van der Waals surface area contributed by atoms with Gasteiger partial charge in [0.05, 0.1) is 17.7 Å². The molecular weight excluding hydrogens is 353 g/mol. The number of alkyl halides is 3. The fourth-order valence-electron chi connectivity index (χ4n) is 1.83. The monoisotopic (exact) mass is 362 g/mol. The summed E-state index contributed by atoms with van der Waals surface area (Å²) in [5.41, 5.74) is -0.701. The number of nitrogens with one attached hydrogen (secondary N) is 1. The molecule has 0 saturated heterocycles. The fourth-order valence-corrected chi connectivity index (χ4v) is 2.24. The third-order valence-electron chi connectivity index (χ3n) is 2.84. The molecule has 0 atom stereocenters. The van der Waals surface area contributed by atoms with Gasteiger partial charge < -0.3 is 5.11 Å². The molecule has 2 rings (SSSR count). The molecule has 0 fully saturated rings. The van der Waals surface area contributed by atoms with Crippen molar-refractivity contribution in [1.82, 2.24) is 9.55 Å². The lowest BCUT2D eigenvalue weighted by molar-refractivity contribution is -0.124. The predicted molar refractivity (Wildman–Crippen MR) is 83.6 cm³/mol. The van der Waals surface area contributed by atoms with Crippen molar-refractivity contribution < 1.29 is 18.3 Å². The first-order chi connectivity index (χ1) is 10.7. The van der Waals surface area contributed by atoms with Crippen LogP contribution in [0.4, 0.5) is 13.2 Å². The van der Waals surface area contributed by atoms with Crippen molar-refractivity contribution in [3.63, 3.8) is 0 Å². The van der Waals surface area contributed by atoms with E-state index in [-0.39, 0.29) is 10.3 Å². The molecule has 2 N–H and O–H groups in total. The van der Waals surface area contributed by atoms with Crippen LogP contribution in [0.25, 0.3) is 11.8 Å². The average molecular weight is 363 g/mol. The number of benzene rings is 1. The van der Waals surface area contributed by atoms with E-state index in [2.05, 4.69) is 4.98 Å². The maximum atomic E-state index is 12.2. The molecule has 4 nitrogen and oxygen atoms in total. The Balaban J connectivity index is 2.54. The topological polar surface area (TPSA) is 58.0 Å². The zero-order valence-electron chi connectivity index (χ0n) is 11.4. The van der Waals surface area contributed by atoms with E-state index in [0.29, 0.717) is 10.7 Å². The molecule has 1 aromatic heterocycles. The van der Waals surface area contributed by atoms with Crippen LogP contribution in [0, 0.1) is 4.77 Å². The summed E-state index contributed by atoms with van der Waals surface area (Å²) in [6, 6.07) is 6.17. The second kappa shape index (κ2) is 6.59. The van der Waals surface area contributed by atoms with Gasteiger partial charge in [0.25, 0.3) is 5.56 Å². The number of rotatable bonds is 3. The second-order valence-electron chi connectivity index (χ2n) is 4.53. The number of allylic oxidation sites excluding steroid dienone is 1. The van der Waals surface area contributed by atoms with Crippen LogP contribution in [0.2, 0.25) is 5.02 Å². The Kier molecular flexibility index (Phi) is 4.96. The van der Waals surface area contributed by atoms with Crippen molar-refractivity contribution in [2.45, 2.75) is 12.6 Å². The summed E-state index contributed by atoms with van der Waals surface area (Å²) >= 11 is 10.8. The van der Waals surface area contributed by atoms with Gasteiger partial charge in [-0.3, -0.25) is 14.3 Å². The third-order valence-corrected chi connectivity index (χ3v) is 3.38. The summed E-state index contributed by atoms with van der Waals surface area (Å²) in [6.07, 6.45) is -3.96. The molecule has 1 aromatic carbocycles. The van der Waals surface area contributed by atoms with E-state index in [4.69, 9.17) is 23.8 Å². The number of aromatic nitrogens is 2. The van der Waals surface area contributed by atoms with Gasteiger partial charge in [-0.05, 0) is 42.6 Å². The Morgan fingerprint density at radius 1 is 1.30 bits per heavy atom. The molecule has 0 unspecified atom stereocenters. The molecule has 2 aromatic rings. The number of hydrogen-bond acceptors (Lipinski definition) is 3. The van der Waals surface area contributed by atoms with Gasteiger partial charge in [0.15, 0.2) is 4.77 Å². The van der Waals surface area contributed by atoms with E-state index >= 15 is 0 Å². The summed E-state index contributed by atoms with van der Waals surface area (Å²) in [5.74, 6) is -0.556. The van der Waals surface area contributed by atoms with E-state index in [0.717, 1.165) is 16.7 Å². The molecule has 0 aliphatic rings. The van der Waals surface area contributed by atoms with Crippen LogP contribution < -0.4 is 5.56 Å². The minimum absolute atomic E-state index is 0.0946. The summed E-state index contributed by atoms with van der Waals surface area (Å²) in [7, 11) is 0. The minimum Gasteiger partial charge on any atom is -0.494 e. The zero-order chi connectivity index (χ0) is 17.2. The lowest BCUT2D eigenvalue weighted by atomic mass is 10.2. The number of nitrogens with zero attached hydrogens (tertiary/aromatic N) is 1. The SMILES string of the molecule is O=c1[nH]c(=S)n(-c2ccc(Cl)cc2)c(O)c1C=CCC(F)(F)F. The number of aromatic hydroxyl groups is 1. The summed E-state index contributed by atoms with van der Waals surface area (Å²) in [6.45, 7) is 0. The largest absolute Gasteiger partial charge is 0.494 e. The Morgan fingerprint density at radius 3 is 2.48 bits per heavy atom. The van der Waals surface area contributed by atoms with Gasteiger partial charge >= 0.3 is 6.18 Å². The smallest absolute Gasteiger partial charge is 0.392 e. The highest BCUT2D eigenvalue weighted by Crippen LogP contribution is 2.24. The van der Waals surface area contributed by atoms with E-state index in [1.165, 1.54) is 0 Å². The molecule has 0 spiro atoms. The zero-order valence-corrected chi connectivity index (χ0v) is 13.0. The molecular formula is C14H10ClF3N2O2S. The van der Waals surface area contributed by atoms with E-state index in [1.54, 1.807) is 24.3 Å². The van der Waals surface area contributed by atoms with E-state index in [1.807, 2.05) is 0 Å². The number of hydrogen-bond donors (Lipinski definition) is 2. The molecule has 122 valence electrons. The normalized spacial score (nSPS) is 12.0. The van der Waals surface area contributed by atoms with Crippen molar-refractivity contribution in [2.75, 3.05) is 0 Å². The van der Waals surface area contributed by atoms with Crippen LogP contribution in [-0.2, 0) is 0 Å². The summed E-state index contributed by atoms with van der Waals surface area (Å²) in [4.78, 5) is 14.1. The van der Waals surface area contributed by atoms with E-state index < -0.39 is 24.0 Å². The maximum absolute atomic E-state index is 12.2. The van der Waals surface area contributed by atoms with Crippen LogP contribution in [0.3, 0.4) is 0 Å². The van der Waals surface area contributed by atoms with Crippen LogP contribution in [0.15, 0.2) is 35.1 Å². The molecule has 0 aliphatic carbocycles. The van der Waals surface area contributed by atoms with Crippen molar-refractivity contribution in [2.24, 2.45) is 0 Å². The molecule has 0 amide bonds. The van der Waals surface area contributed by atoms with Gasteiger partial charge in [-0.15, -0.1) is 0 Å². The van der Waals surface area contributed by atoms with Gasteiger partial charge in [0.1, 0.15) is 0 Å².